The Morgan fingerprint density at radius 1 is 1.28 bits per heavy atom. The van der Waals surface area contributed by atoms with Gasteiger partial charge in [-0.25, -0.2) is 9.07 Å². The van der Waals surface area contributed by atoms with Crippen molar-refractivity contribution in [3.05, 3.63) is 68.2 Å². The third-order valence-corrected chi connectivity index (χ3v) is 3.77. The predicted molar refractivity (Wildman–Crippen MR) is 87.1 cm³/mol. The molecule has 8 nitrogen and oxygen atoms in total. The molecule has 1 aromatic heterocycles. The first kappa shape index (κ1) is 16.5. The molecule has 0 unspecified atom stereocenters. The van der Waals surface area contributed by atoms with Crippen LogP contribution in [0.3, 0.4) is 0 Å². The molecule has 0 aliphatic rings. The largest absolute Gasteiger partial charge is 0.497 e. The summed E-state index contributed by atoms with van der Waals surface area (Å²) in [4.78, 5) is 22.6. The van der Waals surface area contributed by atoms with Crippen molar-refractivity contribution in [3.8, 4) is 5.75 Å². The molecule has 0 amide bonds. The molecule has 0 spiro atoms. The summed E-state index contributed by atoms with van der Waals surface area (Å²) in [6, 6.07) is 8.25. The Hall–Kier alpha value is -3.36. The summed E-state index contributed by atoms with van der Waals surface area (Å²) in [7, 11) is 1.45. The molecular weight excluding hydrogens is 331 g/mol. The van der Waals surface area contributed by atoms with Gasteiger partial charge >= 0.3 is 0 Å². The maximum absolute atomic E-state index is 13.9. The molecule has 9 heteroatoms. The standard InChI is InChI=1S/C16H13FN4O4/c1-25-12-4-2-10(14(17)9-12)6-7-20-16(22)13-5-3-11(21(23)24)8-15(13)18-19-20/h2-5,8-9H,6-7H2,1H3. The molecule has 1 heterocycles. The van der Waals surface area contributed by atoms with E-state index >= 15 is 0 Å². The van der Waals surface area contributed by atoms with Gasteiger partial charge in [-0.05, 0) is 24.1 Å². The van der Waals surface area contributed by atoms with E-state index in [1.54, 1.807) is 12.1 Å². The van der Waals surface area contributed by atoms with E-state index in [4.69, 9.17) is 4.74 Å². The van der Waals surface area contributed by atoms with Crippen LogP contribution in [0.1, 0.15) is 5.56 Å². The van der Waals surface area contributed by atoms with Gasteiger partial charge in [0.05, 0.1) is 24.0 Å². The second-order valence-electron chi connectivity index (χ2n) is 5.28. The summed E-state index contributed by atoms with van der Waals surface area (Å²) in [5.74, 6) is -0.0257. The Labute approximate surface area is 140 Å². The van der Waals surface area contributed by atoms with Gasteiger partial charge in [0, 0.05) is 18.2 Å². The van der Waals surface area contributed by atoms with Crippen molar-refractivity contribution in [2.75, 3.05) is 7.11 Å². The van der Waals surface area contributed by atoms with E-state index in [1.807, 2.05) is 0 Å². The van der Waals surface area contributed by atoms with E-state index in [2.05, 4.69) is 10.3 Å². The molecule has 0 atom stereocenters. The lowest BCUT2D eigenvalue weighted by Gasteiger charge is -2.07. The summed E-state index contributed by atoms with van der Waals surface area (Å²) in [6.45, 7) is 0.127. The number of aromatic nitrogens is 3. The number of nitro benzene ring substituents is 1. The lowest BCUT2D eigenvalue weighted by atomic mass is 10.1. The zero-order valence-corrected chi connectivity index (χ0v) is 13.2. The third kappa shape index (κ3) is 3.30. The first-order chi connectivity index (χ1) is 12.0. The predicted octanol–water partition coefficient (Wildman–Crippen LogP) is 2.09. The lowest BCUT2D eigenvalue weighted by molar-refractivity contribution is -0.384. The van der Waals surface area contributed by atoms with Gasteiger partial charge in [-0.15, -0.1) is 5.10 Å². The highest BCUT2D eigenvalue weighted by molar-refractivity contribution is 5.79. The van der Waals surface area contributed by atoms with Crippen molar-refractivity contribution >= 4 is 16.6 Å². The van der Waals surface area contributed by atoms with Crippen LogP contribution in [0.4, 0.5) is 10.1 Å². The monoisotopic (exact) mass is 344 g/mol. The summed E-state index contributed by atoms with van der Waals surface area (Å²) in [5, 5.41) is 18.6. The molecule has 2 aromatic carbocycles. The van der Waals surface area contributed by atoms with Crippen LogP contribution in [0.5, 0.6) is 5.75 Å². The fraction of sp³-hybridized carbons (Fsp3) is 0.188. The number of halogens is 1. The van der Waals surface area contributed by atoms with Crippen LogP contribution < -0.4 is 10.3 Å². The second-order valence-corrected chi connectivity index (χ2v) is 5.28. The fourth-order valence-electron chi connectivity index (χ4n) is 2.41. The van der Waals surface area contributed by atoms with Crippen molar-refractivity contribution < 1.29 is 14.1 Å². The molecule has 0 bridgehead atoms. The Bertz CT molecular complexity index is 1020. The van der Waals surface area contributed by atoms with E-state index in [1.165, 1.54) is 31.4 Å². The van der Waals surface area contributed by atoms with Crippen LogP contribution in [-0.4, -0.2) is 27.0 Å². The Morgan fingerprint density at radius 2 is 2.08 bits per heavy atom. The Balaban J connectivity index is 1.87. The number of rotatable bonds is 5. The minimum Gasteiger partial charge on any atom is -0.497 e. The number of benzene rings is 2. The number of hydrogen-bond acceptors (Lipinski definition) is 6. The van der Waals surface area contributed by atoms with Crippen LogP contribution >= 0.6 is 0 Å². The maximum atomic E-state index is 13.9. The van der Waals surface area contributed by atoms with Crippen molar-refractivity contribution in [2.45, 2.75) is 13.0 Å². The highest BCUT2D eigenvalue weighted by atomic mass is 19.1. The van der Waals surface area contributed by atoms with Crippen LogP contribution in [-0.2, 0) is 13.0 Å². The van der Waals surface area contributed by atoms with E-state index in [0.29, 0.717) is 11.3 Å². The number of aryl methyl sites for hydroxylation is 2. The van der Waals surface area contributed by atoms with Gasteiger partial charge in [0.1, 0.15) is 17.1 Å². The van der Waals surface area contributed by atoms with Crippen molar-refractivity contribution in [1.82, 2.24) is 15.0 Å². The van der Waals surface area contributed by atoms with E-state index in [-0.39, 0.29) is 29.6 Å². The van der Waals surface area contributed by atoms with E-state index in [9.17, 15) is 19.3 Å². The third-order valence-electron chi connectivity index (χ3n) is 3.77. The van der Waals surface area contributed by atoms with Gasteiger partial charge in [-0.2, -0.15) is 0 Å². The summed E-state index contributed by atoms with van der Waals surface area (Å²) >= 11 is 0. The smallest absolute Gasteiger partial charge is 0.277 e. The Kier molecular flexibility index (Phi) is 4.38. The zero-order valence-electron chi connectivity index (χ0n) is 13.2. The van der Waals surface area contributed by atoms with Crippen molar-refractivity contribution in [3.63, 3.8) is 0 Å². The van der Waals surface area contributed by atoms with Gasteiger partial charge < -0.3 is 4.74 Å². The first-order valence-electron chi connectivity index (χ1n) is 7.34. The molecule has 3 aromatic rings. The van der Waals surface area contributed by atoms with Crippen molar-refractivity contribution in [1.29, 1.82) is 0 Å². The summed E-state index contributed by atoms with van der Waals surface area (Å²) < 4.78 is 20.0. The molecule has 0 radical (unpaired) electrons. The zero-order chi connectivity index (χ0) is 18.0. The molecule has 0 fully saturated rings. The first-order valence-corrected chi connectivity index (χ1v) is 7.34. The second kappa shape index (κ2) is 6.63. The summed E-state index contributed by atoms with van der Waals surface area (Å²) in [6.07, 6.45) is 0.239. The average molecular weight is 344 g/mol. The fourth-order valence-corrected chi connectivity index (χ4v) is 2.41. The number of methoxy groups -OCH3 is 1. The molecule has 0 saturated heterocycles. The lowest BCUT2D eigenvalue weighted by Crippen LogP contribution is -2.25. The van der Waals surface area contributed by atoms with Crippen LogP contribution in [0.2, 0.25) is 0 Å². The number of ether oxygens (including phenoxy) is 1. The maximum Gasteiger partial charge on any atom is 0.277 e. The summed E-state index contributed by atoms with van der Waals surface area (Å²) in [5.41, 5.74) is -0.0440. The molecule has 128 valence electrons. The van der Waals surface area contributed by atoms with Crippen LogP contribution in [0.15, 0.2) is 41.2 Å². The Morgan fingerprint density at radius 3 is 2.76 bits per heavy atom. The highest BCUT2D eigenvalue weighted by Crippen LogP contribution is 2.18. The van der Waals surface area contributed by atoms with Crippen molar-refractivity contribution in [2.24, 2.45) is 0 Å². The highest BCUT2D eigenvalue weighted by Gasteiger charge is 2.12. The average Bonchev–Trinajstić information content (AvgIpc) is 2.61. The van der Waals surface area contributed by atoms with E-state index < -0.39 is 16.3 Å². The van der Waals surface area contributed by atoms with E-state index in [0.717, 1.165) is 4.68 Å². The quantitative estimate of drug-likeness (QED) is 0.519. The number of nitrogens with zero attached hydrogens (tertiary/aromatic N) is 4. The number of fused-ring (bicyclic) bond motifs is 1. The van der Waals surface area contributed by atoms with Gasteiger partial charge in [-0.3, -0.25) is 14.9 Å². The minimum atomic E-state index is -0.570. The number of non-ortho nitro benzene ring substituents is 1. The molecular formula is C16H13FN4O4. The molecule has 0 saturated carbocycles. The molecule has 0 aliphatic carbocycles. The molecule has 3 rings (SSSR count). The number of nitro groups is 1. The molecule has 0 N–H and O–H groups in total. The normalized spacial score (nSPS) is 10.8. The minimum absolute atomic E-state index is 0.127. The SMILES string of the molecule is COc1ccc(CCn2nnc3cc([N+](=O)[O-])ccc3c2=O)c(F)c1. The van der Waals surface area contributed by atoms with Gasteiger partial charge in [-0.1, -0.05) is 11.3 Å². The van der Waals surface area contributed by atoms with Gasteiger partial charge in [0.15, 0.2) is 0 Å². The topological polar surface area (TPSA) is 100 Å². The van der Waals surface area contributed by atoms with Crippen LogP contribution in [0.25, 0.3) is 10.9 Å². The molecule has 0 aliphatic heterocycles. The number of hydrogen-bond donors (Lipinski definition) is 0. The van der Waals surface area contributed by atoms with Gasteiger partial charge in [0.25, 0.3) is 11.2 Å². The van der Waals surface area contributed by atoms with Crippen LogP contribution in [0, 0.1) is 15.9 Å². The molecule has 25 heavy (non-hydrogen) atoms. The van der Waals surface area contributed by atoms with Gasteiger partial charge in [0.2, 0.25) is 0 Å².